The van der Waals surface area contributed by atoms with Crippen molar-refractivity contribution in [2.24, 2.45) is 11.7 Å². The number of hydrogen-bond donors (Lipinski definition) is 1. The first-order chi connectivity index (χ1) is 8.80. The molecule has 0 amide bonds. The zero-order valence-electron chi connectivity index (χ0n) is 11.4. The largest absolute Gasteiger partial charge is 0.330 e. The highest BCUT2D eigenvalue weighted by molar-refractivity contribution is 5.75. The van der Waals surface area contributed by atoms with Crippen molar-refractivity contribution in [2.75, 3.05) is 6.54 Å². The van der Waals surface area contributed by atoms with Crippen LogP contribution in [0.4, 0.5) is 0 Å². The van der Waals surface area contributed by atoms with E-state index in [2.05, 4.69) is 36.6 Å². The van der Waals surface area contributed by atoms with Gasteiger partial charge in [-0.2, -0.15) is 0 Å². The Labute approximate surface area is 109 Å². The SMILES string of the molecule is CCC(CC)Cn1c(CCN)nc2ccccc21. The second kappa shape index (κ2) is 6.01. The molecule has 0 atom stereocenters. The van der Waals surface area contributed by atoms with Crippen LogP contribution in [-0.4, -0.2) is 16.1 Å². The van der Waals surface area contributed by atoms with Gasteiger partial charge in [-0.1, -0.05) is 38.8 Å². The predicted octanol–water partition coefficient (Wildman–Crippen LogP) is 2.97. The van der Waals surface area contributed by atoms with E-state index < -0.39 is 0 Å². The minimum absolute atomic E-state index is 0.659. The number of imidazole rings is 1. The van der Waals surface area contributed by atoms with E-state index in [1.807, 2.05) is 6.07 Å². The molecule has 0 aliphatic carbocycles. The average molecular weight is 245 g/mol. The molecule has 3 heteroatoms. The van der Waals surface area contributed by atoms with E-state index in [9.17, 15) is 0 Å². The maximum Gasteiger partial charge on any atom is 0.111 e. The van der Waals surface area contributed by atoms with E-state index in [0.29, 0.717) is 6.54 Å². The van der Waals surface area contributed by atoms with E-state index in [1.165, 1.54) is 18.4 Å². The number of aromatic nitrogens is 2. The van der Waals surface area contributed by atoms with Gasteiger partial charge in [0.25, 0.3) is 0 Å². The molecule has 0 saturated heterocycles. The van der Waals surface area contributed by atoms with Gasteiger partial charge in [-0.05, 0) is 24.6 Å². The highest BCUT2D eigenvalue weighted by atomic mass is 15.1. The molecule has 2 aromatic rings. The van der Waals surface area contributed by atoms with Gasteiger partial charge in [-0.15, -0.1) is 0 Å². The third-order valence-corrected chi connectivity index (χ3v) is 3.70. The van der Waals surface area contributed by atoms with Gasteiger partial charge in [0.15, 0.2) is 0 Å². The van der Waals surface area contributed by atoms with Crippen molar-refractivity contribution < 1.29 is 0 Å². The zero-order valence-corrected chi connectivity index (χ0v) is 11.4. The van der Waals surface area contributed by atoms with Gasteiger partial charge in [-0.25, -0.2) is 4.98 Å². The highest BCUT2D eigenvalue weighted by Crippen LogP contribution is 2.20. The van der Waals surface area contributed by atoms with Crippen LogP contribution in [0.2, 0.25) is 0 Å². The Morgan fingerprint density at radius 1 is 1.22 bits per heavy atom. The molecule has 0 bridgehead atoms. The van der Waals surface area contributed by atoms with Crippen LogP contribution in [0, 0.1) is 5.92 Å². The molecule has 0 fully saturated rings. The minimum atomic E-state index is 0.659. The summed E-state index contributed by atoms with van der Waals surface area (Å²) in [6.45, 7) is 6.24. The maximum absolute atomic E-state index is 5.69. The van der Waals surface area contributed by atoms with Crippen LogP contribution in [0.25, 0.3) is 11.0 Å². The quantitative estimate of drug-likeness (QED) is 0.850. The zero-order chi connectivity index (χ0) is 13.0. The fraction of sp³-hybridized carbons (Fsp3) is 0.533. The van der Waals surface area contributed by atoms with Gasteiger partial charge < -0.3 is 10.3 Å². The summed E-state index contributed by atoms with van der Waals surface area (Å²) in [6, 6.07) is 8.37. The van der Waals surface area contributed by atoms with Gasteiger partial charge in [0, 0.05) is 13.0 Å². The van der Waals surface area contributed by atoms with Crippen LogP contribution in [0.15, 0.2) is 24.3 Å². The van der Waals surface area contributed by atoms with Crippen molar-refractivity contribution in [1.82, 2.24) is 9.55 Å². The molecule has 0 saturated carbocycles. The van der Waals surface area contributed by atoms with E-state index in [0.717, 1.165) is 30.2 Å². The van der Waals surface area contributed by atoms with Gasteiger partial charge in [-0.3, -0.25) is 0 Å². The molecule has 3 nitrogen and oxygen atoms in total. The maximum atomic E-state index is 5.69. The van der Waals surface area contributed by atoms with Crippen LogP contribution in [0.3, 0.4) is 0 Å². The molecule has 2 rings (SSSR count). The smallest absolute Gasteiger partial charge is 0.111 e. The van der Waals surface area contributed by atoms with Crippen LogP contribution in [-0.2, 0) is 13.0 Å². The molecule has 0 unspecified atom stereocenters. The van der Waals surface area contributed by atoms with Crippen LogP contribution >= 0.6 is 0 Å². The molecule has 18 heavy (non-hydrogen) atoms. The van der Waals surface area contributed by atoms with Crippen LogP contribution < -0.4 is 5.73 Å². The molecule has 2 N–H and O–H groups in total. The molecule has 1 aromatic carbocycles. The summed E-state index contributed by atoms with van der Waals surface area (Å²) in [6.07, 6.45) is 3.28. The lowest BCUT2D eigenvalue weighted by Crippen LogP contribution is -2.14. The summed E-state index contributed by atoms with van der Waals surface area (Å²) in [5, 5.41) is 0. The lowest BCUT2D eigenvalue weighted by atomic mass is 10.0. The van der Waals surface area contributed by atoms with Crippen LogP contribution in [0.5, 0.6) is 0 Å². The first-order valence-corrected chi connectivity index (χ1v) is 6.94. The van der Waals surface area contributed by atoms with Crippen molar-refractivity contribution in [3.63, 3.8) is 0 Å². The molecule has 98 valence electrons. The Kier molecular flexibility index (Phi) is 4.37. The second-order valence-corrected chi connectivity index (χ2v) is 4.85. The molecular formula is C15H23N3. The van der Waals surface area contributed by atoms with E-state index in [4.69, 9.17) is 10.7 Å². The molecule has 1 heterocycles. The molecule has 0 aliphatic rings. The van der Waals surface area contributed by atoms with Gasteiger partial charge in [0.05, 0.1) is 11.0 Å². The van der Waals surface area contributed by atoms with Crippen molar-refractivity contribution in [1.29, 1.82) is 0 Å². The fourth-order valence-electron chi connectivity index (χ4n) is 2.45. The number of benzene rings is 1. The minimum Gasteiger partial charge on any atom is -0.330 e. The number of para-hydroxylation sites is 2. The molecule has 0 aliphatic heterocycles. The summed E-state index contributed by atoms with van der Waals surface area (Å²) in [5.74, 6) is 1.85. The number of fused-ring (bicyclic) bond motifs is 1. The lowest BCUT2D eigenvalue weighted by molar-refractivity contribution is 0.417. The van der Waals surface area contributed by atoms with E-state index in [1.54, 1.807) is 0 Å². The average Bonchev–Trinajstić information content (AvgIpc) is 2.74. The number of hydrogen-bond acceptors (Lipinski definition) is 2. The molecular weight excluding hydrogens is 222 g/mol. The van der Waals surface area contributed by atoms with E-state index in [-0.39, 0.29) is 0 Å². The van der Waals surface area contributed by atoms with Crippen molar-refractivity contribution in [3.8, 4) is 0 Å². The van der Waals surface area contributed by atoms with Crippen molar-refractivity contribution in [2.45, 2.75) is 39.7 Å². The first kappa shape index (κ1) is 13.1. The van der Waals surface area contributed by atoms with Gasteiger partial charge in [0.2, 0.25) is 0 Å². The Hall–Kier alpha value is -1.35. The highest BCUT2D eigenvalue weighted by Gasteiger charge is 2.13. The number of rotatable bonds is 6. The fourth-order valence-corrected chi connectivity index (χ4v) is 2.45. The lowest BCUT2D eigenvalue weighted by Gasteiger charge is -2.16. The third kappa shape index (κ3) is 2.56. The first-order valence-electron chi connectivity index (χ1n) is 6.94. The Morgan fingerprint density at radius 2 is 1.94 bits per heavy atom. The number of nitrogens with zero attached hydrogens (tertiary/aromatic N) is 2. The predicted molar refractivity (Wildman–Crippen MR) is 76.6 cm³/mol. The number of nitrogens with two attached hydrogens (primary N) is 1. The van der Waals surface area contributed by atoms with E-state index >= 15 is 0 Å². The summed E-state index contributed by atoms with van der Waals surface area (Å²) < 4.78 is 2.36. The van der Waals surface area contributed by atoms with Crippen molar-refractivity contribution >= 4 is 11.0 Å². The summed E-state index contributed by atoms with van der Waals surface area (Å²) in [4.78, 5) is 4.71. The Morgan fingerprint density at radius 3 is 2.61 bits per heavy atom. The summed E-state index contributed by atoms with van der Waals surface area (Å²) in [5.41, 5.74) is 8.03. The molecule has 1 aromatic heterocycles. The summed E-state index contributed by atoms with van der Waals surface area (Å²) in [7, 11) is 0. The Balaban J connectivity index is 2.41. The topological polar surface area (TPSA) is 43.8 Å². The molecule has 0 radical (unpaired) electrons. The van der Waals surface area contributed by atoms with Gasteiger partial charge >= 0.3 is 0 Å². The monoisotopic (exact) mass is 245 g/mol. The van der Waals surface area contributed by atoms with Crippen molar-refractivity contribution in [3.05, 3.63) is 30.1 Å². The second-order valence-electron chi connectivity index (χ2n) is 4.85. The normalized spacial score (nSPS) is 11.6. The molecule has 0 spiro atoms. The summed E-state index contributed by atoms with van der Waals surface area (Å²) >= 11 is 0. The third-order valence-electron chi connectivity index (χ3n) is 3.70. The Bertz CT molecular complexity index is 497. The van der Waals surface area contributed by atoms with Gasteiger partial charge in [0.1, 0.15) is 5.82 Å². The standard InChI is InChI=1S/C15H23N3/c1-3-12(4-2)11-18-14-8-6-5-7-13(14)17-15(18)9-10-16/h5-8,12H,3-4,9-11,16H2,1-2H3. The van der Waals surface area contributed by atoms with Crippen LogP contribution in [0.1, 0.15) is 32.5 Å².